The van der Waals surface area contributed by atoms with Gasteiger partial charge in [-0.1, -0.05) is 25.3 Å². The van der Waals surface area contributed by atoms with Crippen LogP contribution in [0.25, 0.3) is 0 Å². The van der Waals surface area contributed by atoms with E-state index in [0.717, 1.165) is 47.4 Å². The summed E-state index contributed by atoms with van der Waals surface area (Å²) in [5.41, 5.74) is 1.39. The fourth-order valence-corrected chi connectivity index (χ4v) is 5.09. The van der Waals surface area contributed by atoms with E-state index in [1.165, 1.54) is 11.3 Å². The number of carbonyl (C=O) groups is 2. The van der Waals surface area contributed by atoms with Crippen LogP contribution in [0.4, 0.5) is 5.69 Å². The van der Waals surface area contributed by atoms with E-state index in [1.54, 1.807) is 6.92 Å². The van der Waals surface area contributed by atoms with Gasteiger partial charge in [0.05, 0.1) is 12.8 Å². The Labute approximate surface area is 173 Å². The first-order chi connectivity index (χ1) is 13.5. The molecular weight excluding hydrogens is 390 g/mol. The van der Waals surface area contributed by atoms with Crippen LogP contribution in [0.15, 0.2) is 18.2 Å². The van der Waals surface area contributed by atoms with Crippen molar-refractivity contribution in [1.29, 1.82) is 0 Å². The molecular formula is C21H31N3O4S. The molecule has 1 aromatic carbocycles. The summed E-state index contributed by atoms with van der Waals surface area (Å²) in [6.45, 7) is 5.27. The minimum atomic E-state index is -3.61. The molecule has 8 heteroatoms. The van der Waals surface area contributed by atoms with Crippen LogP contribution >= 0.6 is 0 Å². The predicted octanol–water partition coefficient (Wildman–Crippen LogP) is 2.12. The third kappa shape index (κ3) is 4.48. The average Bonchev–Trinajstić information content (AvgIpc) is 2.64. The van der Waals surface area contributed by atoms with Crippen molar-refractivity contribution in [3.8, 4) is 0 Å². The fourth-order valence-electron chi connectivity index (χ4n) is 4.26. The van der Waals surface area contributed by atoms with Crippen molar-refractivity contribution in [2.75, 3.05) is 24.2 Å². The largest absolute Gasteiger partial charge is 0.351 e. The van der Waals surface area contributed by atoms with Crippen LogP contribution in [0.3, 0.4) is 0 Å². The summed E-state index contributed by atoms with van der Waals surface area (Å²) in [6.07, 6.45) is 6.20. The quantitative estimate of drug-likeness (QED) is 0.807. The molecule has 1 unspecified atom stereocenters. The lowest BCUT2D eigenvalue weighted by Gasteiger charge is -2.47. The topological polar surface area (TPSA) is 86.8 Å². The molecule has 1 aliphatic heterocycles. The molecule has 2 amide bonds. The molecule has 1 saturated heterocycles. The van der Waals surface area contributed by atoms with E-state index >= 15 is 0 Å². The summed E-state index contributed by atoms with van der Waals surface area (Å²) in [5.74, 6) is -0.699. The highest BCUT2D eigenvalue weighted by molar-refractivity contribution is 7.88. The lowest BCUT2D eigenvalue weighted by atomic mass is 9.91. The first-order valence-electron chi connectivity index (χ1n) is 10.2. The predicted molar refractivity (Wildman–Crippen MR) is 113 cm³/mol. The lowest BCUT2D eigenvalue weighted by molar-refractivity contribution is -0.133. The number of sulfonamides is 1. The van der Waals surface area contributed by atoms with Crippen LogP contribution in [-0.4, -0.2) is 55.5 Å². The average molecular weight is 422 g/mol. The van der Waals surface area contributed by atoms with Gasteiger partial charge in [0, 0.05) is 18.3 Å². The van der Waals surface area contributed by atoms with Crippen molar-refractivity contribution in [3.63, 3.8) is 0 Å². The van der Waals surface area contributed by atoms with Gasteiger partial charge in [-0.15, -0.1) is 0 Å². The highest BCUT2D eigenvalue weighted by atomic mass is 32.2. The monoisotopic (exact) mass is 421 g/mol. The second-order valence-electron chi connectivity index (χ2n) is 8.61. The number of hydrogen-bond acceptors (Lipinski definition) is 4. The smallest absolute Gasteiger partial charge is 0.247 e. The molecule has 1 aliphatic carbocycles. The summed E-state index contributed by atoms with van der Waals surface area (Å²) < 4.78 is 25.5. The number of amides is 2. The Kier molecular flexibility index (Phi) is 6.06. The number of piperazine rings is 1. The second kappa shape index (κ2) is 8.07. The van der Waals surface area contributed by atoms with Gasteiger partial charge in [0.25, 0.3) is 0 Å². The van der Waals surface area contributed by atoms with Crippen LogP contribution in [0, 0.1) is 13.8 Å². The number of aryl methyl sites for hydroxylation is 2. The molecule has 1 saturated carbocycles. The normalized spacial score (nSPS) is 24.6. The molecule has 3 rings (SSSR count). The number of hydrogen-bond donors (Lipinski definition) is 1. The Hall–Kier alpha value is -1.93. The maximum atomic E-state index is 13.4. The molecule has 0 aromatic heterocycles. The van der Waals surface area contributed by atoms with E-state index in [0.29, 0.717) is 5.69 Å². The molecule has 1 N–H and O–H groups in total. The van der Waals surface area contributed by atoms with Crippen LogP contribution in [0.2, 0.25) is 0 Å². The van der Waals surface area contributed by atoms with E-state index in [1.807, 2.05) is 32.0 Å². The lowest BCUT2D eigenvalue weighted by Crippen LogP contribution is -2.70. The Balaban J connectivity index is 1.99. The number of carbonyl (C=O) groups excluding carboxylic acids is 2. The molecule has 0 radical (unpaired) electrons. The molecule has 160 valence electrons. The van der Waals surface area contributed by atoms with Crippen molar-refractivity contribution >= 4 is 27.5 Å². The molecule has 2 fully saturated rings. The van der Waals surface area contributed by atoms with Gasteiger partial charge < -0.3 is 5.32 Å². The fraction of sp³-hybridized carbons (Fsp3) is 0.619. The van der Waals surface area contributed by atoms with Gasteiger partial charge in [0.1, 0.15) is 5.54 Å². The zero-order valence-electron chi connectivity index (χ0n) is 17.7. The Bertz CT molecular complexity index is 909. The minimum Gasteiger partial charge on any atom is -0.351 e. The summed E-state index contributed by atoms with van der Waals surface area (Å²) in [5, 5.41) is 3.09. The molecule has 1 heterocycles. The van der Waals surface area contributed by atoms with Crippen molar-refractivity contribution in [2.24, 2.45) is 0 Å². The molecule has 0 spiro atoms. The highest BCUT2D eigenvalue weighted by Gasteiger charge is 2.50. The number of nitrogens with one attached hydrogen (secondary N) is 1. The zero-order valence-corrected chi connectivity index (χ0v) is 18.5. The Morgan fingerprint density at radius 1 is 1.14 bits per heavy atom. The Morgan fingerprint density at radius 2 is 1.79 bits per heavy atom. The van der Waals surface area contributed by atoms with E-state index in [9.17, 15) is 18.0 Å². The first-order valence-corrected chi connectivity index (χ1v) is 12.0. The van der Waals surface area contributed by atoms with Gasteiger partial charge in [-0.2, -0.15) is 4.31 Å². The summed E-state index contributed by atoms with van der Waals surface area (Å²) in [7, 11) is -3.61. The van der Waals surface area contributed by atoms with Gasteiger partial charge in [-0.3, -0.25) is 14.5 Å². The summed E-state index contributed by atoms with van der Waals surface area (Å²) >= 11 is 0. The number of rotatable bonds is 4. The molecule has 7 nitrogen and oxygen atoms in total. The SMILES string of the molecule is Cc1ccc(N2C(=O)CN(S(C)(=O)=O)CC2(C)C(=O)NC2CCCCC2)cc1C. The molecule has 1 atom stereocenters. The van der Waals surface area contributed by atoms with Gasteiger partial charge in [-0.25, -0.2) is 8.42 Å². The van der Waals surface area contributed by atoms with Crippen molar-refractivity contribution in [3.05, 3.63) is 29.3 Å². The third-order valence-electron chi connectivity index (χ3n) is 6.19. The van der Waals surface area contributed by atoms with Gasteiger partial charge >= 0.3 is 0 Å². The maximum Gasteiger partial charge on any atom is 0.247 e. The van der Waals surface area contributed by atoms with Crippen LogP contribution < -0.4 is 10.2 Å². The summed E-state index contributed by atoms with van der Waals surface area (Å²) in [4.78, 5) is 28.0. The first kappa shape index (κ1) is 21.8. The molecule has 1 aromatic rings. The van der Waals surface area contributed by atoms with E-state index in [2.05, 4.69) is 5.32 Å². The highest BCUT2D eigenvalue weighted by Crippen LogP contribution is 2.32. The van der Waals surface area contributed by atoms with Crippen molar-refractivity contribution in [1.82, 2.24) is 9.62 Å². The van der Waals surface area contributed by atoms with Crippen LogP contribution in [-0.2, 0) is 19.6 Å². The third-order valence-corrected chi connectivity index (χ3v) is 7.38. The number of benzene rings is 1. The second-order valence-corrected chi connectivity index (χ2v) is 10.6. The van der Waals surface area contributed by atoms with Gasteiger partial charge in [0.15, 0.2) is 0 Å². The number of nitrogens with zero attached hydrogens (tertiary/aromatic N) is 2. The minimum absolute atomic E-state index is 0.0664. The van der Waals surface area contributed by atoms with Crippen molar-refractivity contribution in [2.45, 2.75) is 64.5 Å². The number of anilines is 1. The molecule has 29 heavy (non-hydrogen) atoms. The maximum absolute atomic E-state index is 13.4. The molecule has 2 aliphatic rings. The Morgan fingerprint density at radius 3 is 2.38 bits per heavy atom. The van der Waals surface area contributed by atoms with E-state index in [-0.39, 0.29) is 25.0 Å². The van der Waals surface area contributed by atoms with Gasteiger partial charge in [-0.05, 0) is 56.9 Å². The zero-order chi connectivity index (χ0) is 21.4. The van der Waals surface area contributed by atoms with Crippen LogP contribution in [0.5, 0.6) is 0 Å². The van der Waals surface area contributed by atoms with Gasteiger partial charge in [0.2, 0.25) is 21.8 Å². The molecule has 0 bridgehead atoms. The van der Waals surface area contributed by atoms with Crippen LogP contribution in [0.1, 0.15) is 50.2 Å². The van der Waals surface area contributed by atoms with E-state index in [4.69, 9.17) is 0 Å². The standard InChI is InChI=1S/C21H31N3O4S/c1-15-10-11-18(12-16(15)2)24-19(25)13-23(29(4,27)28)14-21(24,3)20(26)22-17-8-6-5-7-9-17/h10-12,17H,5-9,13-14H2,1-4H3,(H,22,26). The van der Waals surface area contributed by atoms with E-state index < -0.39 is 21.5 Å². The summed E-state index contributed by atoms with van der Waals surface area (Å²) in [6, 6.07) is 5.69. The van der Waals surface area contributed by atoms with Crippen molar-refractivity contribution < 1.29 is 18.0 Å².